The molecule has 1 aliphatic rings. The Morgan fingerprint density at radius 1 is 1.07 bits per heavy atom. The molecule has 1 fully saturated rings. The molecule has 0 radical (unpaired) electrons. The number of nitrogen functional groups attached to an aromatic ring is 1. The lowest BCUT2D eigenvalue weighted by molar-refractivity contribution is 0.169. The number of hydrogen-bond acceptors (Lipinski definition) is 7. The second kappa shape index (κ2) is 8.08. The molecule has 0 aromatic heterocycles. The Kier molecular flexibility index (Phi) is 5.79. The van der Waals surface area contributed by atoms with Gasteiger partial charge in [-0.2, -0.15) is 0 Å². The summed E-state index contributed by atoms with van der Waals surface area (Å²) in [6.07, 6.45) is 0. The van der Waals surface area contributed by atoms with Gasteiger partial charge in [0.2, 0.25) is 9.84 Å². The van der Waals surface area contributed by atoms with E-state index >= 15 is 0 Å². The van der Waals surface area contributed by atoms with Crippen LogP contribution in [0.15, 0.2) is 63.5 Å². The zero-order valence-electron chi connectivity index (χ0n) is 15.2. The van der Waals surface area contributed by atoms with Crippen LogP contribution in [0.5, 0.6) is 0 Å². The average molecular weight is 388 g/mol. The van der Waals surface area contributed by atoms with Crippen LogP contribution in [-0.4, -0.2) is 68.9 Å². The van der Waals surface area contributed by atoms with Crippen molar-refractivity contribution in [3.63, 3.8) is 0 Å². The average Bonchev–Trinajstić information content (AvgIpc) is 2.68. The first-order valence-electron chi connectivity index (χ1n) is 8.73. The molecule has 8 heteroatoms. The summed E-state index contributed by atoms with van der Waals surface area (Å²) in [5.74, 6) is 0. The number of rotatable bonds is 5. The smallest absolute Gasteiger partial charge is 0.206 e. The quantitative estimate of drug-likeness (QED) is 0.349. The van der Waals surface area contributed by atoms with E-state index in [1.54, 1.807) is 36.4 Å². The largest absolute Gasteiger partial charge is 0.411 e. The molecule has 1 heterocycles. The number of piperazine rings is 1. The maximum Gasteiger partial charge on any atom is 0.206 e. The van der Waals surface area contributed by atoms with Gasteiger partial charge >= 0.3 is 0 Å². The van der Waals surface area contributed by atoms with E-state index in [0.717, 1.165) is 26.2 Å². The minimum Gasteiger partial charge on any atom is -0.411 e. The van der Waals surface area contributed by atoms with Gasteiger partial charge in [0.1, 0.15) is 5.71 Å². The van der Waals surface area contributed by atoms with Crippen LogP contribution >= 0.6 is 0 Å². The molecule has 0 amide bonds. The molecule has 0 aliphatic carbocycles. The Morgan fingerprint density at radius 2 is 1.74 bits per heavy atom. The number of anilines is 1. The SMILES string of the molecule is CN1CCN(CC(=NO)c2ccc(S(=O)(=O)c3ccccc3)cc2N)CC1. The fourth-order valence-corrected chi connectivity index (χ4v) is 4.41. The third kappa shape index (κ3) is 4.29. The van der Waals surface area contributed by atoms with Gasteiger partial charge in [-0.15, -0.1) is 0 Å². The van der Waals surface area contributed by atoms with Crippen LogP contribution in [0.2, 0.25) is 0 Å². The Hall–Kier alpha value is -2.42. The van der Waals surface area contributed by atoms with Crippen molar-refractivity contribution < 1.29 is 13.6 Å². The van der Waals surface area contributed by atoms with E-state index in [1.807, 2.05) is 0 Å². The lowest BCUT2D eigenvalue weighted by Crippen LogP contribution is -2.46. The Balaban J connectivity index is 1.83. The van der Waals surface area contributed by atoms with Crippen LogP contribution < -0.4 is 5.73 Å². The van der Waals surface area contributed by atoms with Gasteiger partial charge in [-0.1, -0.05) is 23.4 Å². The molecule has 2 aromatic rings. The van der Waals surface area contributed by atoms with Crippen molar-refractivity contribution >= 4 is 21.2 Å². The molecule has 3 N–H and O–H groups in total. The molecule has 0 bridgehead atoms. The van der Waals surface area contributed by atoms with Crippen LogP contribution in [0.4, 0.5) is 5.69 Å². The maximum absolute atomic E-state index is 12.7. The summed E-state index contributed by atoms with van der Waals surface area (Å²) < 4.78 is 25.5. The minimum absolute atomic E-state index is 0.117. The Labute approximate surface area is 159 Å². The van der Waals surface area contributed by atoms with E-state index in [1.165, 1.54) is 12.1 Å². The van der Waals surface area contributed by atoms with E-state index in [-0.39, 0.29) is 15.5 Å². The van der Waals surface area contributed by atoms with Crippen molar-refractivity contribution in [1.29, 1.82) is 0 Å². The fourth-order valence-electron chi connectivity index (χ4n) is 3.09. The third-order valence-corrected chi connectivity index (χ3v) is 6.56. The second-order valence-corrected chi connectivity index (χ2v) is 8.64. The molecular formula is C19H24N4O3S. The topological polar surface area (TPSA) is 99.2 Å². The predicted octanol–water partition coefficient (Wildman–Crippen LogP) is 1.53. The monoisotopic (exact) mass is 388 g/mol. The standard InChI is InChI=1S/C19H24N4O3S/c1-22-9-11-23(12-10-22)14-19(21-24)17-8-7-16(13-18(17)20)27(25,26)15-5-3-2-4-6-15/h2-8,13,24H,9-12,14,20H2,1H3. The molecule has 0 saturated carbocycles. The van der Waals surface area contributed by atoms with E-state index in [0.29, 0.717) is 17.8 Å². The van der Waals surface area contributed by atoms with Gasteiger partial charge in [0.05, 0.1) is 9.79 Å². The number of benzene rings is 2. The molecule has 2 aromatic carbocycles. The molecule has 0 unspecified atom stereocenters. The second-order valence-electron chi connectivity index (χ2n) is 6.69. The first-order valence-corrected chi connectivity index (χ1v) is 10.2. The highest BCUT2D eigenvalue weighted by Crippen LogP contribution is 2.25. The number of likely N-dealkylation sites (N-methyl/N-ethyl adjacent to an activating group) is 1. The lowest BCUT2D eigenvalue weighted by atomic mass is 10.1. The number of sulfone groups is 1. The molecule has 7 nitrogen and oxygen atoms in total. The first kappa shape index (κ1) is 19.3. The highest BCUT2D eigenvalue weighted by Gasteiger charge is 2.21. The first-order chi connectivity index (χ1) is 12.9. The zero-order chi connectivity index (χ0) is 19.4. The highest BCUT2D eigenvalue weighted by atomic mass is 32.2. The van der Waals surface area contributed by atoms with Crippen molar-refractivity contribution in [2.24, 2.45) is 5.16 Å². The molecule has 0 spiro atoms. The molecular weight excluding hydrogens is 364 g/mol. The fraction of sp³-hybridized carbons (Fsp3) is 0.316. The predicted molar refractivity (Wildman–Crippen MR) is 105 cm³/mol. The van der Waals surface area contributed by atoms with Crippen LogP contribution in [0.1, 0.15) is 5.56 Å². The summed E-state index contributed by atoms with van der Waals surface area (Å²) in [6.45, 7) is 4.09. The van der Waals surface area contributed by atoms with E-state index < -0.39 is 9.84 Å². The number of nitrogens with zero attached hydrogens (tertiary/aromatic N) is 3. The summed E-state index contributed by atoms with van der Waals surface area (Å²) in [6, 6.07) is 12.8. The van der Waals surface area contributed by atoms with E-state index in [4.69, 9.17) is 5.73 Å². The van der Waals surface area contributed by atoms with Crippen molar-refractivity contribution in [3.05, 3.63) is 54.1 Å². The van der Waals surface area contributed by atoms with E-state index in [2.05, 4.69) is 22.0 Å². The van der Waals surface area contributed by atoms with Crippen LogP contribution in [-0.2, 0) is 9.84 Å². The summed E-state index contributed by atoms with van der Waals surface area (Å²) >= 11 is 0. The summed E-state index contributed by atoms with van der Waals surface area (Å²) in [5.41, 5.74) is 7.36. The van der Waals surface area contributed by atoms with Gasteiger partial charge in [0.25, 0.3) is 0 Å². The van der Waals surface area contributed by atoms with Gasteiger partial charge in [-0.05, 0) is 37.4 Å². The summed E-state index contributed by atoms with van der Waals surface area (Å²) in [4.78, 5) is 4.75. The Bertz CT molecular complexity index is 921. The van der Waals surface area contributed by atoms with Gasteiger partial charge in [-0.3, -0.25) is 4.90 Å². The summed E-state index contributed by atoms with van der Waals surface area (Å²) in [7, 11) is -1.57. The highest BCUT2D eigenvalue weighted by molar-refractivity contribution is 7.91. The Morgan fingerprint density at radius 3 is 2.33 bits per heavy atom. The number of hydrogen-bond donors (Lipinski definition) is 2. The third-order valence-electron chi connectivity index (χ3n) is 4.79. The minimum atomic E-state index is -3.64. The van der Waals surface area contributed by atoms with Crippen molar-refractivity contribution in [1.82, 2.24) is 9.80 Å². The molecule has 1 aliphatic heterocycles. The number of oxime groups is 1. The van der Waals surface area contributed by atoms with Crippen LogP contribution in [0, 0.1) is 0 Å². The molecule has 27 heavy (non-hydrogen) atoms. The van der Waals surface area contributed by atoms with Crippen molar-refractivity contribution in [3.8, 4) is 0 Å². The summed E-state index contributed by atoms with van der Waals surface area (Å²) in [5, 5.41) is 12.9. The normalized spacial score (nSPS) is 17.1. The van der Waals surface area contributed by atoms with Crippen molar-refractivity contribution in [2.75, 3.05) is 45.5 Å². The maximum atomic E-state index is 12.7. The van der Waals surface area contributed by atoms with Gasteiger partial charge in [0.15, 0.2) is 0 Å². The van der Waals surface area contributed by atoms with Gasteiger partial charge in [-0.25, -0.2) is 8.42 Å². The van der Waals surface area contributed by atoms with Gasteiger partial charge in [0, 0.05) is 44.0 Å². The van der Waals surface area contributed by atoms with Crippen LogP contribution in [0.3, 0.4) is 0 Å². The molecule has 144 valence electrons. The number of nitrogens with two attached hydrogens (primary N) is 1. The molecule has 3 rings (SSSR count). The van der Waals surface area contributed by atoms with Crippen LogP contribution in [0.25, 0.3) is 0 Å². The zero-order valence-corrected chi connectivity index (χ0v) is 16.1. The van der Waals surface area contributed by atoms with E-state index in [9.17, 15) is 13.6 Å². The molecule has 0 atom stereocenters. The van der Waals surface area contributed by atoms with Gasteiger partial charge < -0.3 is 15.8 Å². The lowest BCUT2D eigenvalue weighted by Gasteiger charge is -2.32. The molecule has 1 saturated heterocycles. The van der Waals surface area contributed by atoms with Crippen molar-refractivity contribution in [2.45, 2.75) is 9.79 Å².